The maximum Gasteiger partial charge on any atom is 0.341 e. The Morgan fingerprint density at radius 1 is 1.14 bits per heavy atom. The lowest BCUT2D eigenvalue weighted by Crippen LogP contribution is -2.25. The molecule has 2 aromatic heterocycles. The van der Waals surface area contributed by atoms with Crippen LogP contribution >= 0.6 is 22.6 Å². The standard InChI is InChI=1S/C27H23FIN3O4/c1-13-24(31-21-10-7-17(29)12-20(21)28)23-25(36-27(13)35)22(14(2)32(26(23)34)19-8-9-19)16-5-4-6-18(11-16)30-15(3)33/h4-7,10-12,19,31H,8-9H2,1-3H3,(H,30,33). The van der Waals surface area contributed by atoms with Gasteiger partial charge in [-0.1, -0.05) is 12.1 Å². The van der Waals surface area contributed by atoms with Gasteiger partial charge in [-0.3, -0.25) is 9.59 Å². The molecular formula is C27H23FIN3O4. The summed E-state index contributed by atoms with van der Waals surface area (Å²) in [5.41, 5.74) is 2.24. The Hall–Kier alpha value is -3.47. The molecule has 0 unspecified atom stereocenters. The minimum absolute atomic E-state index is 0.0364. The number of rotatable bonds is 5. The topological polar surface area (TPSA) is 93.3 Å². The highest BCUT2D eigenvalue weighted by Crippen LogP contribution is 2.41. The summed E-state index contributed by atoms with van der Waals surface area (Å²) in [4.78, 5) is 38.4. The van der Waals surface area contributed by atoms with Gasteiger partial charge in [0, 0.05) is 33.5 Å². The Kier molecular flexibility index (Phi) is 6.19. The molecule has 36 heavy (non-hydrogen) atoms. The highest BCUT2D eigenvalue weighted by molar-refractivity contribution is 14.1. The van der Waals surface area contributed by atoms with Gasteiger partial charge in [0.2, 0.25) is 5.91 Å². The molecule has 1 saturated carbocycles. The van der Waals surface area contributed by atoms with Crippen LogP contribution in [0.25, 0.3) is 22.1 Å². The van der Waals surface area contributed by atoms with Crippen LogP contribution in [0.4, 0.5) is 21.5 Å². The summed E-state index contributed by atoms with van der Waals surface area (Å²) in [6.45, 7) is 4.80. The lowest BCUT2D eigenvalue weighted by atomic mass is 9.99. The van der Waals surface area contributed by atoms with Gasteiger partial charge in [0.05, 0.1) is 16.9 Å². The van der Waals surface area contributed by atoms with Crippen molar-refractivity contribution in [2.75, 3.05) is 10.6 Å². The normalized spacial score (nSPS) is 13.1. The van der Waals surface area contributed by atoms with Crippen LogP contribution in [-0.4, -0.2) is 10.5 Å². The van der Waals surface area contributed by atoms with Crippen molar-refractivity contribution in [3.05, 3.63) is 83.9 Å². The molecule has 1 aliphatic rings. The highest BCUT2D eigenvalue weighted by atomic mass is 127. The maximum absolute atomic E-state index is 14.8. The molecule has 1 aliphatic carbocycles. The molecule has 2 heterocycles. The Balaban J connectivity index is 1.85. The predicted molar refractivity (Wildman–Crippen MR) is 147 cm³/mol. The first-order valence-electron chi connectivity index (χ1n) is 11.5. The van der Waals surface area contributed by atoms with Crippen molar-refractivity contribution in [3.8, 4) is 11.1 Å². The van der Waals surface area contributed by atoms with Crippen LogP contribution in [-0.2, 0) is 4.79 Å². The number of pyridine rings is 1. The largest absolute Gasteiger partial charge is 0.421 e. The molecule has 0 atom stereocenters. The van der Waals surface area contributed by atoms with Crippen LogP contribution in [0.2, 0.25) is 0 Å². The fourth-order valence-corrected chi connectivity index (χ4v) is 4.96. The lowest BCUT2D eigenvalue weighted by Gasteiger charge is -2.19. The first-order valence-corrected chi connectivity index (χ1v) is 12.6. The van der Waals surface area contributed by atoms with Crippen LogP contribution in [0.1, 0.15) is 37.1 Å². The van der Waals surface area contributed by atoms with E-state index in [1.165, 1.54) is 13.0 Å². The van der Waals surface area contributed by atoms with Gasteiger partial charge in [0.1, 0.15) is 11.2 Å². The third-order valence-corrected chi connectivity index (χ3v) is 6.98. The molecule has 0 spiro atoms. The van der Waals surface area contributed by atoms with Crippen molar-refractivity contribution >= 4 is 56.5 Å². The number of benzene rings is 2. The number of nitrogens with zero attached hydrogens (tertiary/aromatic N) is 1. The smallest absolute Gasteiger partial charge is 0.341 e. The number of fused-ring (bicyclic) bond motifs is 1. The predicted octanol–water partition coefficient (Wildman–Crippen LogP) is 6.02. The third-order valence-electron chi connectivity index (χ3n) is 6.31. The van der Waals surface area contributed by atoms with Gasteiger partial charge in [-0.2, -0.15) is 0 Å². The van der Waals surface area contributed by atoms with Gasteiger partial charge in [0.15, 0.2) is 5.58 Å². The van der Waals surface area contributed by atoms with Crippen LogP contribution in [0, 0.1) is 23.2 Å². The van der Waals surface area contributed by atoms with E-state index in [2.05, 4.69) is 10.6 Å². The zero-order valence-corrected chi connectivity index (χ0v) is 22.0. The Morgan fingerprint density at radius 3 is 2.56 bits per heavy atom. The van der Waals surface area contributed by atoms with Gasteiger partial charge < -0.3 is 19.6 Å². The van der Waals surface area contributed by atoms with E-state index in [9.17, 15) is 18.8 Å². The number of amides is 1. The Morgan fingerprint density at radius 2 is 1.89 bits per heavy atom. The zero-order chi connectivity index (χ0) is 25.7. The molecule has 9 heteroatoms. The quantitative estimate of drug-likeness (QED) is 0.274. The van der Waals surface area contributed by atoms with E-state index in [1.54, 1.807) is 41.8 Å². The van der Waals surface area contributed by atoms with Gasteiger partial charge in [-0.05, 0) is 85.2 Å². The number of hydrogen-bond acceptors (Lipinski definition) is 5. The number of carbonyl (C=O) groups is 1. The minimum atomic E-state index is -0.627. The van der Waals surface area contributed by atoms with E-state index in [0.29, 0.717) is 22.5 Å². The van der Waals surface area contributed by atoms with E-state index < -0.39 is 11.4 Å². The van der Waals surface area contributed by atoms with E-state index in [-0.39, 0.29) is 45.4 Å². The van der Waals surface area contributed by atoms with E-state index in [0.717, 1.165) is 16.4 Å². The monoisotopic (exact) mass is 599 g/mol. The van der Waals surface area contributed by atoms with E-state index >= 15 is 0 Å². The van der Waals surface area contributed by atoms with Gasteiger partial charge in [-0.15, -0.1) is 0 Å². The molecule has 1 fully saturated rings. The third kappa shape index (κ3) is 4.32. The second-order valence-corrected chi connectivity index (χ2v) is 10.2. The average Bonchev–Trinajstić information content (AvgIpc) is 3.63. The van der Waals surface area contributed by atoms with Crippen LogP contribution in [0.3, 0.4) is 0 Å². The Bertz CT molecular complexity index is 1670. The summed E-state index contributed by atoms with van der Waals surface area (Å²) in [7, 11) is 0. The van der Waals surface area contributed by atoms with Crippen molar-refractivity contribution in [2.24, 2.45) is 0 Å². The molecule has 5 rings (SSSR count). The van der Waals surface area contributed by atoms with Crippen LogP contribution in [0.15, 0.2) is 56.5 Å². The maximum atomic E-state index is 14.8. The van der Waals surface area contributed by atoms with Crippen molar-refractivity contribution in [1.29, 1.82) is 0 Å². The fourth-order valence-electron chi connectivity index (χ4n) is 4.51. The van der Waals surface area contributed by atoms with Gasteiger partial charge in [0.25, 0.3) is 5.56 Å². The number of nitrogens with one attached hydrogen (secondary N) is 2. The summed E-state index contributed by atoms with van der Waals surface area (Å²) < 4.78 is 23.0. The molecule has 2 N–H and O–H groups in total. The second kappa shape index (κ2) is 9.20. The molecule has 2 aromatic carbocycles. The number of aromatic nitrogens is 1. The number of halogens is 2. The van der Waals surface area contributed by atoms with Crippen LogP contribution < -0.4 is 21.8 Å². The summed E-state index contributed by atoms with van der Waals surface area (Å²) in [6.07, 6.45) is 1.73. The minimum Gasteiger partial charge on any atom is -0.421 e. The average molecular weight is 599 g/mol. The summed E-state index contributed by atoms with van der Waals surface area (Å²) >= 11 is 2.01. The SMILES string of the molecule is CC(=O)Nc1cccc(-c2c(C)n(C3CC3)c(=O)c3c(Nc4ccc(I)cc4F)c(C)c(=O)oc23)c1. The molecule has 0 radical (unpaired) electrons. The number of anilines is 3. The molecular weight excluding hydrogens is 576 g/mol. The zero-order valence-electron chi connectivity index (χ0n) is 19.9. The van der Waals surface area contributed by atoms with Crippen LogP contribution in [0.5, 0.6) is 0 Å². The van der Waals surface area contributed by atoms with Crippen molar-refractivity contribution < 1.29 is 13.6 Å². The first-order chi connectivity index (χ1) is 17.2. The molecule has 0 bridgehead atoms. The molecule has 0 aliphatic heterocycles. The fraction of sp³-hybridized carbons (Fsp3) is 0.222. The molecule has 184 valence electrons. The lowest BCUT2D eigenvalue weighted by molar-refractivity contribution is -0.114. The summed E-state index contributed by atoms with van der Waals surface area (Å²) in [6, 6.07) is 11.9. The van der Waals surface area contributed by atoms with Crippen molar-refractivity contribution in [3.63, 3.8) is 0 Å². The summed E-state index contributed by atoms with van der Waals surface area (Å²) in [5, 5.41) is 5.95. The summed E-state index contributed by atoms with van der Waals surface area (Å²) in [5.74, 6) is -0.717. The van der Waals surface area contributed by atoms with E-state index in [1.807, 2.05) is 35.6 Å². The molecule has 7 nitrogen and oxygen atoms in total. The second-order valence-electron chi connectivity index (χ2n) is 8.97. The molecule has 1 amide bonds. The number of hydrogen-bond donors (Lipinski definition) is 2. The van der Waals surface area contributed by atoms with Crippen molar-refractivity contribution in [2.45, 2.75) is 39.7 Å². The molecule has 0 saturated heterocycles. The molecule has 4 aromatic rings. The highest BCUT2D eigenvalue weighted by Gasteiger charge is 2.31. The number of carbonyl (C=O) groups excluding carboxylic acids is 1. The van der Waals surface area contributed by atoms with Gasteiger partial charge >= 0.3 is 5.63 Å². The van der Waals surface area contributed by atoms with Crippen molar-refractivity contribution in [1.82, 2.24) is 4.57 Å². The first kappa shape index (κ1) is 24.2. The Labute approximate surface area is 219 Å². The van der Waals surface area contributed by atoms with E-state index in [4.69, 9.17) is 4.42 Å². The van der Waals surface area contributed by atoms with Gasteiger partial charge in [-0.25, -0.2) is 9.18 Å².